The van der Waals surface area contributed by atoms with E-state index in [-0.39, 0.29) is 17.2 Å². The molecule has 0 spiro atoms. The van der Waals surface area contributed by atoms with Crippen molar-refractivity contribution in [1.29, 1.82) is 0 Å². The first-order valence-electron chi connectivity index (χ1n) is 9.34. The number of halogens is 2. The molecule has 3 nitrogen and oxygen atoms in total. The molecule has 0 saturated heterocycles. The number of carbonyl (C=O) groups excluding carboxylic acids is 1. The third kappa shape index (κ3) is 2.79. The van der Waals surface area contributed by atoms with Crippen LogP contribution in [-0.2, 0) is 4.79 Å². The van der Waals surface area contributed by atoms with E-state index in [1.807, 2.05) is 18.2 Å². The number of allylic oxidation sites excluding steroid dienone is 1. The first-order chi connectivity index (χ1) is 13.3. The van der Waals surface area contributed by atoms with Crippen molar-refractivity contribution in [2.24, 2.45) is 5.41 Å². The van der Waals surface area contributed by atoms with E-state index < -0.39 is 0 Å². The van der Waals surface area contributed by atoms with Gasteiger partial charge in [-0.3, -0.25) is 4.79 Å². The Morgan fingerprint density at radius 1 is 1.11 bits per heavy atom. The van der Waals surface area contributed by atoms with Crippen LogP contribution in [0.4, 0.5) is 5.69 Å². The summed E-state index contributed by atoms with van der Waals surface area (Å²) in [5, 5.41) is 5.92. The van der Waals surface area contributed by atoms with Gasteiger partial charge in [0.25, 0.3) is 0 Å². The minimum atomic E-state index is -0.158. The van der Waals surface area contributed by atoms with Crippen LogP contribution in [0.5, 0.6) is 0 Å². The minimum absolute atomic E-state index is 0.0704. The fraction of sp³-hybridized carbons (Fsp3) is 0.261. The first kappa shape index (κ1) is 18.2. The zero-order valence-electron chi connectivity index (χ0n) is 15.6. The zero-order chi connectivity index (χ0) is 19.6. The molecule has 0 saturated carbocycles. The number of anilines is 1. The smallest absolute Gasteiger partial charge is 0.183 e. The Bertz CT molecular complexity index is 1150. The number of hydrogen-bond acceptors (Lipinski definition) is 3. The molecule has 5 heteroatoms. The molecule has 1 N–H and O–H groups in total. The highest BCUT2D eigenvalue weighted by Gasteiger charge is 2.41. The van der Waals surface area contributed by atoms with Gasteiger partial charge in [0.05, 0.1) is 4.47 Å². The van der Waals surface area contributed by atoms with Crippen LogP contribution in [0.15, 0.2) is 61.6 Å². The van der Waals surface area contributed by atoms with E-state index >= 15 is 0 Å². The van der Waals surface area contributed by atoms with Crippen LogP contribution in [0.25, 0.3) is 16.3 Å². The maximum atomic E-state index is 13.4. The van der Waals surface area contributed by atoms with Crippen LogP contribution in [0.1, 0.15) is 44.1 Å². The second-order valence-electron chi connectivity index (χ2n) is 8.40. The molecule has 0 amide bonds. The van der Waals surface area contributed by atoms with Gasteiger partial charge >= 0.3 is 0 Å². The fourth-order valence-electron chi connectivity index (χ4n) is 4.57. The van der Waals surface area contributed by atoms with Crippen molar-refractivity contribution in [3.63, 3.8) is 0 Å². The molecule has 1 aliphatic carbocycles. The number of furan rings is 1. The van der Waals surface area contributed by atoms with E-state index in [0.717, 1.165) is 49.8 Å². The van der Waals surface area contributed by atoms with Crippen molar-refractivity contribution in [1.82, 2.24) is 0 Å². The predicted octanol–water partition coefficient (Wildman–Crippen LogP) is 7.27. The molecule has 142 valence electrons. The molecule has 0 bridgehead atoms. The molecular formula is C23H19Br2NO2. The van der Waals surface area contributed by atoms with Crippen molar-refractivity contribution >= 4 is 59.7 Å². The fourth-order valence-corrected chi connectivity index (χ4v) is 5.18. The highest BCUT2D eigenvalue weighted by molar-refractivity contribution is 9.13. The summed E-state index contributed by atoms with van der Waals surface area (Å²) in [6.45, 7) is 4.33. The first-order valence-corrected chi connectivity index (χ1v) is 10.9. The molecule has 28 heavy (non-hydrogen) atoms. The number of rotatable bonds is 1. The molecule has 0 radical (unpaired) electrons. The zero-order valence-corrected chi connectivity index (χ0v) is 18.8. The Kier molecular flexibility index (Phi) is 4.11. The summed E-state index contributed by atoms with van der Waals surface area (Å²) in [5.74, 6) is 1.02. The molecule has 1 aromatic heterocycles. The van der Waals surface area contributed by atoms with Crippen molar-refractivity contribution in [3.05, 3.63) is 68.5 Å². The number of nitrogens with one attached hydrogen (secondary N) is 1. The topological polar surface area (TPSA) is 42.2 Å². The van der Waals surface area contributed by atoms with Gasteiger partial charge in [0, 0.05) is 23.2 Å². The van der Waals surface area contributed by atoms with E-state index in [9.17, 15) is 4.79 Å². The quantitative estimate of drug-likeness (QED) is 0.382. The highest BCUT2D eigenvalue weighted by atomic mass is 79.9. The van der Waals surface area contributed by atoms with E-state index in [0.29, 0.717) is 11.1 Å². The van der Waals surface area contributed by atoms with Gasteiger partial charge < -0.3 is 9.73 Å². The molecule has 2 heterocycles. The highest BCUT2D eigenvalue weighted by Crippen LogP contribution is 2.52. The maximum absolute atomic E-state index is 13.4. The van der Waals surface area contributed by atoms with Crippen molar-refractivity contribution in [2.45, 2.75) is 32.7 Å². The predicted molar refractivity (Wildman–Crippen MR) is 119 cm³/mol. The van der Waals surface area contributed by atoms with Crippen LogP contribution in [0, 0.1) is 5.41 Å². The van der Waals surface area contributed by atoms with E-state index in [1.165, 1.54) is 0 Å². The van der Waals surface area contributed by atoms with Gasteiger partial charge in [0.15, 0.2) is 10.5 Å². The molecular weight excluding hydrogens is 482 g/mol. The van der Waals surface area contributed by atoms with E-state index in [4.69, 9.17) is 4.42 Å². The van der Waals surface area contributed by atoms with Crippen molar-refractivity contribution in [3.8, 4) is 0 Å². The lowest BCUT2D eigenvalue weighted by Crippen LogP contribution is -2.32. The second kappa shape index (κ2) is 6.33. The summed E-state index contributed by atoms with van der Waals surface area (Å²) in [6.07, 6.45) is 1.41. The Morgan fingerprint density at radius 2 is 1.89 bits per heavy atom. The van der Waals surface area contributed by atoms with Crippen molar-refractivity contribution < 1.29 is 9.21 Å². The Balaban J connectivity index is 1.81. The largest absolute Gasteiger partial charge is 0.451 e. The van der Waals surface area contributed by atoms with Crippen LogP contribution in [-0.4, -0.2) is 5.78 Å². The summed E-state index contributed by atoms with van der Waals surface area (Å²) in [5.41, 5.74) is 3.95. The van der Waals surface area contributed by atoms with E-state index in [1.54, 1.807) is 0 Å². The molecule has 0 unspecified atom stereocenters. The standard InChI is InChI=1S/C23H19Br2NO2/c1-23(2)10-14-20(17(27)11-23)19-13-6-4-3-5-12(13)7-8-16(19)26-21(14)18-9-15(24)22(25)28-18/h3-9,21,26H,10-11H2,1-2H3/t21-/m0/s1. The van der Waals surface area contributed by atoms with Gasteiger partial charge in [-0.25, -0.2) is 0 Å². The Hall–Kier alpha value is -1.85. The number of carbonyl (C=O) groups is 1. The molecule has 1 atom stereocenters. The van der Waals surface area contributed by atoms with Gasteiger partial charge in [-0.15, -0.1) is 0 Å². The summed E-state index contributed by atoms with van der Waals surface area (Å²) >= 11 is 6.96. The van der Waals surface area contributed by atoms with Gasteiger partial charge in [0.2, 0.25) is 0 Å². The van der Waals surface area contributed by atoms with Crippen LogP contribution >= 0.6 is 31.9 Å². The lowest BCUT2D eigenvalue weighted by molar-refractivity contribution is -0.116. The molecule has 3 aromatic rings. The summed E-state index contributed by atoms with van der Waals surface area (Å²) in [6, 6.07) is 14.3. The monoisotopic (exact) mass is 499 g/mol. The summed E-state index contributed by atoms with van der Waals surface area (Å²) in [4.78, 5) is 13.4. The van der Waals surface area contributed by atoms with Gasteiger partial charge in [-0.2, -0.15) is 0 Å². The third-order valence-electron chi connectivity index (χ3n) is 5.68. The van der Waals surface area contributed by atoms with Gasteiger partial charge in [0.1, 0.15) is 11.8 Å². The summed E-state index contributed by atoms with van der Waals surface area (Å²) < 4.78 is 7.51. The number of benzene rings is 2. The normalized spacial score (nSPS) is 20.7. The number of ketones is 1. The number of fused-ring (bicyclic) bond motifs is 4. The molecule has 2 aromatic carbocycles. The molecule has 2 aliphatic rings. The molecule has 0 fully saturated rings. The molecule has 5 rings (SSSR count). The average Bonchev–Trinajstić information content (AvgIpc) is 2.98. The third-order valence-corrected chi connectivity index (χ3v) is 7.39. The lowest BCUT2D eigenvalue weighted by Gasteiger charge is -2.39. The number of hydrogen-bond donors (Lipinski definition) is 1. The minimum Gasteiger partial charge on any atom is -0.451 e. The van der Waals surface area contributed by atoms with E-state index in [2.05, 4.69) is 75.3 Å². The molecule has 1 aliphatic heterocycles. The van der Waals surface area contributed by atoms with Crippen LogP contribution in [0.3, 0.4) is 0 Å². The van der Waals surface area contributed by atoms with Crippen LogP contribution < -0.4 is 5.32 Å². The Labute approximate surface area is 180 Å². The van der Waals surface area contributed by atoms with Crippen LogP contribution in [0.2, 0.25) is 0 Å². The Morgan fingerprint density at radius 3 is 2.64 bits per heavy atom. The average molecular weight is 501 g/mol. The lowest BCUT2D eigenvalue weighted by atomic mass is 9.68. The van der Waals surface area contributed by atoms with Gasteiger partial charge in [-0.05, 0) is 72.2 Å². The second-order valence-corrected chi connectivity index (χ2v) is 9.97. The SMILES string of the molecule is CC1(C)CC(=O)C2=C(C1)[C@@H](c1cc(Br)c(Br)o1)Nc1ccc3ccccc3c12. The number of Topliss-reactive ketones (excluding diaryl/α,β-unsaturated/α-hetero) is 1. The maximum Gasteiger partial charge on any atom is 0.183 e. The van der Waals surface area contributed by atoms with Crippen molar-refractivity contribution in [2.75, 3.05) is 5.32 Å². The summed E-state index contributed by atoms with van der Waals surface area (Å²) in [7, 11) is 0. The van der Waals surface area contributed by atoms with Gasteiger partial charge in [-0.1, -0.05) is 44.2 Å².